The fourth-order valence-corrected chi connectivity index (χ4v) is 3.30. The molecule has 7 nitrogen and oxygen atoms in total. The minimum Gasteiger partial charge on any atom is -0.382 e. The Balaban J connectivity index is 1.74. The molecule has 1 amide bonds. The van der Waals surface area contributed by atoms with Crippen LogP contribution in [0.5, 0.6) is 0 Å². The lowest BCUT2D eigenvalue weighted by molar-refractivity contribution is 0.0688. The molecule has 134 valence electrons. The van der Waals surface area contributed by atoms with Gasteiger partial charge in [-0.3, -0.25) is 4.79 Å². The van der Waals surface area contributed by atoms with Gasteiger partial charge in [0.15, 0.2) is 0 Å². The Labute approximate surface area is 142 Å². The van der Waals surface area contributed by atoms with E-state index in [1.54, 1.807) is 7.11 Å². The summed E-state index contributed by atoms with van der Waals surface area (Å²) < 4.78 is 36.9. The molecule has 0 saturated heterocycles. The quantitative estimate of drug-likeness (QED) is 0.575. The molecule has 0 aromatic heterocycles. The van der Waals surface area contributed by atoms with Gasteiger partial charge in [0.05, 0.1) is 18.1 Å². The van der Waals surface area contributed by atoms with E-state index < -0.39 is 10.0 Å². The summed E-state index contributed by atoms with van der Waals surface area (Å²) in [6, 6.07) is 6.00. The first-order valence-corrected chi connectivity index (χ1v) is 9.48. The lowest BCUT2D eigenvalue weighted by Gasteiger charge is -2.08. The van der Waals surface area contributed by atoms with Gasteiger partial charge in [-0.2, -0.15) is 0 Å². The number of rotatable bonds is 11. The van der Waals surface area contributed by atoms with Crippen LogP contribution in [0.1, 0.15) is 29.6 Å². The summed E-state index contributed by atoms with van der Waals surface area (Å²) in [5.41, 5.74) is 0.431. The molecule has 1 fully saturated rings. The summed E-state index contributed by atoms with van der Waals surface area (Å²) in [5, 5.41) is 2.78. The Hall–Kier alpha value is -1.48. The van der Waals surface area contributed by atoms with Crippen molar-refractivity contribution in [3.05, 3.63) is 29.8 Å². The van der Waals surface area contributed by atoms with Gasteiger partial charge in [-0.15, -0.1) is 0 Å². The van der Waals surface area contributed by atoms with Gasteiger partial charge < -0.3 is 14.8 Å². The van der Waals surface area contributed by atoms with Gasteiger partial charge in [-0.1, -0.05) is 0 Å². The van der Waals surface area contributed by atoms with Crippen molar-refractivity contribution in [1.82, 2.24) is 10.0 Å². The van der Waals surface area contributed by atoms with E-state index in [0.717, 1.165) is 12.8 Å². The monoisotopic (exact) mass is 356 g/mol. The van der Waals surface area contributed by atoms with Crippen molar-refractivity contribution >= 4 is 15.9 Å². The first kappa shape index (κ1) is 18.9. The maximum Gasteiger partial charge on any atom is 0.251 e. The van der Waals surface area contributed by atoms with E-state index in [1.165, 1.54) is 24.3 Å². The Kier molecular flexibility index (Phi) is 7.16. The van der Waals surface area contributed by atoms with Crippen molar-refractivity contribution in [2.45, 2.75) is 30.2 Å². The molecule has 0 radical (unpaired) electrons. The molecule has 0 heterocycles. The van der Waals surface area contributed by atoms with Crippen LogP contribution in [-0.2, 0) is 19.5 Å². The number of benzene rings is 1. The van der Waals surface area contributed by atoms with Gasteiger partial charge in [0.2, 0.25) is 10.0 Å². The van der Waals surface area contributed by atoms with Crippen LogP contribution in [0.15, 0.2) is 29.2 Å². The van der Waals surface area contributed by atoms with E-state index in [1.807, 2.05) is 0 Å². The summed E-state index contributed by atoms with van der Waals surface area (Å²) in [5.74, 6) is -0.231. The number of hydrogen-bond donors (Lipinski definition) is 2. The number of hydrogen-bond acceptors (Lipinski definition) is 5. The van der Waals surface area contributed by atoms with Crippen LogP contribution >= 0.6 is 0 Å². The van der Waals surface area contributed by atoms with Gasteiger partial charge in [0, 0.05) is 31.9 Å². The van der Waals surface area contributed by atoms with Gasteiger partial charge in [0.1, 0.15) is 0 Å². The third-order valence-electron chi connectivity index (χ3n) is 3.51. The predicted octanol–water partition coefficient (Wildman–Crippen LogP) is 0.910. The van der Waals surface area contributed by atoms with Crippen molar-refractivity contribution in [2.75, 3.05) is 33.5 Å². The molecule has 0 spiro atoms. The number of sulfonamides is 1. The second-order valence-electron chi connectivity index (χ2n) is 5.63. The number of carbonyl (C=O) groups excluding carboxylic acids is 1. The molecule has 0 aliphatic heterocycles. The Morgan fingerprint density at radius 1 is 1.17 bits per heavy atom. The molecular formula is C16H24N2O5S. The van der Waals surface area contributed by atoms with Crippen molar-refractivity contribution < 1.29 is 22.7 Å². The maximum atomic E-state index is 12.0. The second-order valence-corrected chi connectivity index (χ2v) is 7.35. The average Bonchev–Trinajstić information content (AvgIpc) is 3.37. The third-order valence-corrected chi connectivity index (χ3v) is 5.05. The zero-order chi connectivity index (χ0) is 17.4. The molecule has 1 aromatic carbocycles. The molecule has 0 atom stereocenters. The van der Waals surface area contributed by atoms with Crippen LogP contribution in [-0.4, -0.2) is 53.8 Å². The van der Waals surface area contributed by atoms with Crippen LogP contribution in [0.4, 0.5) is 0 Å². The Morgan fingerprint density at radius 2 is 1.88 bits per heavy atom. The van der Waals surface area contributed by atoms with E-state index in [4.69, 9.17) is 9.47 Å². The van der Waals surface area contributed by atoms with E-state index in [2.05, 4.69) is 10.0 Å². The second kappa shape index (κ2) is 9.12. The molecule has 8 heteroatoms. The highest BCUT2D eigenvalue weighted by Crippen LogP contribution is 2.22. The summed E-state index contributed by atoms with van der Waals surface area (Å²) >= 11 is 0. The normalized spacial score (nSPS) is 14.5. The van der Waals surface area contributed by atoms with Gasteiger partial charge >= 0.3 is 0 Å². The fraction of sp³-hybridized carbons (Fsp3) is 0.562. The van der Waals surface area contributed by atoms with Crippen LogP contribution in [0.3, 0.4) is 0 Å². The van der Waals surface area contributed by atoms with Crippen LogP contribution in [0.25, 0.3) is 0 Å². The zero-order valence-electron chi connectivity index (χ0n) is 13.8. The molecule has 0 bridgehead atoms. The predicted molar refractivity (Wildman–Crippen MR) is 89.4 cm³/mol. The summed E-state index contributed by atoms with van der Waals surface area (Å²) in [7, 11) is -1.87. The largest absolute Gasteiger partial charge is 0.382 e. The summed E-state index contributed by atoms with van der Waals surface area (Å²) in [4.78, 5) is 12.2. The highest BCUT2D eigenvalue weighted by atomic mass is 32.2. The van der Waals surface area contributed by atoms with E-state index in [0.29, 0.717) is 38.3 Å². The van der Waals surface area contributed by atoms with E-state index >= 15 is 0 Å². The lowest BCUT2D eigenvalue weighted by atomic mass is 10.2. The van der Waals surface area contributed by atoms with E-state index in [9.17, 15) is 13.2 Å². The smallest absolute Gasteiger partial charge is 0.251 e. The number of nitrogens with one attached hydrogen (secondary N) is 2. The van der Waals surface area contributed by atoms with Gasteiger partial charge in [0.25, 0.3) is 5.91 Å². The van der Waals surface area contributed by atoms with Crippen molar-refractivity contribution in [3.63, 3.8) is 0 Å². The topological polar surface area (TPSA) is 93.7 Å². The molecule has 24 heavy (non-hydrogen) atoms. The lowest BCUT2D eigenvalue weighted by Crippen LogP contribution is -2.27. The maximum absolute atomic E-state index is 12.0. The Bertz CT molecular complexity index is 626. The summed E-state index contributed by atoms with van der Waals surface area (Å²) in [6.45, 7) is 2.13. The fourth-order valence-electron chi connectivity index (χ4n) is 2.00. The third kappa shape index (κ3) is 6.20. The van der Waals surface area contributed by atoms with Crippen LogP contribution in [0, 0.1) is 0 Å². The highest BCUT2D eigenvalue weighted by Gasteiger charge is 2.27. The number of carbonyl (C=O) groups is 1. The molecule has 2 N–H and O–H groups in total. The average molecular weight is 356 g/mol. The first-order valence-electron chi connectivity index (χ1n) is 8.00. The van der Waals surface area contributed by atoms with Crippen molar-refractivity contribution in [2.24, 2.45) is 0 Å². The highest BCUT2D eigenvalue weighted by molar-refractivity contribution is 7.89. The van der Waals surface area contributed by atoms with Crippen molar-refractivity contribution in [1.29, 1.82) is 0 Å². The molecular weight excluding hydrogens is 332 g/mol. The first-order chi connectivity index (χ1) is 11.5. The molecule has 1 aliphatic carbocycles. The molecule has 1 saturated carbocycles. The van der Waals surface area contributed by atoms with Crippen LogP contribution in [0.2, 0.25) is 0 Å². The van der Waals surface area contributed by atoms with Gasteiger partial charge in [-0.05, 0) is 43.5 Å². The molecule has 1 aromatic rings. The van der Waals surface area contributed by atoms with Crippen molar-refractivity contribution in [3.8, 4) is 0 Å². The summed E-state index contributed by atoms with van der Waals surface area (Å²) in [6.07, 6.45) is 2.47. The zero-order valence-corrected chi connectivity index (χ0v) is 14.6. The number of ether oxygens (including phenoxy) is 2. The SMILES string of the molecule is COCCOCCCNC(=O)c1ccc(S(=O)(=O)NC2CC2)cc1. The minimum absolute atomic E-state index is 0.0593. The molecule has 1 aliphatic rings. The number of amides is 1. The standard InChI is InChI=1S/C16H24N2O5S/c1-22-11-12-23-10-2-9-17-16(19)13-3-7-15(8-4-13)24(20,21)18-14-5-6-14/h3-4,7-8,14,18H,2,5-6,9-12H2,1H3,(H,17,19). The Morgan fingerprint density at radius 3 is 2.50 bits per heavy atom. The minimum atomic E-state index is -3.48. The van der Waals surface area contributed by atoms with Crippen LogP contribution < -0.4 is 10.0 Å². The molecule has 0 unspecified atom stereocenters. The number of methoxy groups -OCH3 is 1. The van der Waals surface area contributed by atoms with E-state index in [-0.39, 0.29) is 16.8 Å². The molecule has 2 rings (SSSR count). The van der Waals surface area contributed by atoms with Gasteiger partial charge in [-0.25, -0.2) is 13.1 Å².